The van der Waals surface area contributed by atoms with E-state index in [-0.39, 0.29) is 6.42 Å². The molecule has 0 amide bonds. The summed E-state index contributed by atoms with van der Waals surface area (Å²) in [5, 5.41) is 7.72. The van der Waals surface area contributed by atoms with Gasteiger partial charge >= 0.3 is 5.97 Å². The van der Waals surface area contributed by atoms with Gasteiger partial charge in [0.1, 0.15) is 0 Å². The maximum absolute atomic E-state index is 9.37. The number of hydrogen-bond donors (Lipinski definition) is 1. The van der Waals surface area contributed by atoms with E-state index in [9.17, 15) is 4.79 Å². The van der Waals surface area contributed by atoms with Crippen molar-refractivity contribution in [3.63, 3.8) is 0 Å². The highest BCUT2D eigenvalue weighted by Crippen LogP contribution is 2.04. The predicted molar refractivity (Wildman–Crippen MR) is 61.3 cm³/mol. The monoisotopic (exact) mass is 214 g/mol. The van der Waals surface area contributed by atoms with Crippen molar-refractivity contribution in [3.05, 3.63) is 12.4 Å². The zero-order chi connectivity index (χ0) is 11.7. The van der Waals surface area contributed by atoms with Crippen LogP contribution in [-0.4, -0.2) is 41.1 Å². The zero-order valence-electron chi connectivity index (χ0n) is 9.94. The quantitative estimate of drug-likeness (QED) is 0.776. The van der Waals surface area contributed by atoms with Gasteiger partial charge in [0, 0.05) is 32.4 Å². The van der Waals surface area contributed by atoms with Crippen molar-refractivity contribution in [2.45, 2.75) is 33.1 Å². The molecule has 0 atom stereocenters. The summed E-state index contributed by atoms with van der Waals surface area (Å²) in [6, 6.07) is 0. The number of aliphatic carboxylic acids is 1. The molecular weight excluding hydrogens is 192 g/mol. The third-order valence-electron chi connectivity index (χ3n) is 2.04. The van der Waals surface area contributed by atoms with Crippen LogP contribution < -0.4 is 0 Å². The minimum Gasteiger partial charge on any atom is -0.481 e. The van der Waals surface area contributed by atoms with Crippen LogP contribution in [-0.2, 0) is 4.79 Å². The highest BCUT2D eigenvalue weighted by Gasteiger charge is 2.05. The van der Waals surface area contributed by atoms with Crippen LogP contribution >= 0.6 is 0 Å². The van der Waals surface area contributed by atoms with Gasteiger partial charge in [-0.15, -0.1) is 0 Å². The van der Waals surface area contributed by atoms with Crippen molar-refractivity contribution >= 4 is 5.97 Å². The fraction of sp³-hybridized carbons (Fsp3) is 0.727. The number of rotatable bonds is 4. The first-order chi connectivity index (χ1) is 7.10. The van der Waals surface area contributed by atoms with E-state index in [1.165, 1.54) is 19.4 Å². The van der Waals surface area contributed by atoms with E-state index < -0.39 is 5.97 Å². The summed E-state index contributed by atoms with van der Waals surface area (Å²) in [6.07, 6.45) is 7.09. The molecule has 0 spiro atoms. The topological polar surface area (TPSA) is 43.8 Å². The molecule has 1 rings (SSSR count). The second-order valence-corrected chi connectivity index (χ2v) is 3.61. The number of carboxylic acid groups (broad SMARTS) is 1. The number of nitrogens with zero attached hydrogens (tertiary/aromatic N) is 2. The van der Waals surface area contributed by atoms with Crippen molar-refractivity contribution in [1.82, 2.24) is 9.80 Å². The molecule has 0 fully saturated rings. The highest BCUT2D eigenvalue weighted by molar-refractivity contribution is 5.66. The van der Waals surface area contributed by atoms with Gasteiger partial charge in [0.25, 0.3) is 0 Å². The van der Waals surface area contributed by atoms with E-state index in [4.69, 9.17) is 5.11 Å². The molecule has 0 aromatic heterocycles. The van der Waals surface area contributed by atoms with Gasteiger partial charge in [-0.25, -0.2) is 0 Å². The first kappa shape index (κ1) is 13.8. The Bertz CT molecular complexity index is 205. The van der Waals surface area contributed by atoms with Crippen LogP contribution in [0.3, 0.4) is 0 Å². The lowest BCUT2D eigenvalue weighted by Crippen LogP contribution is -2.23. The number of hydrogen-bond acceptors (Lipinski definition) is 3. The van der Waals surface area contributed by atoms with Gasteiger partial charge in [-0.3, -0.25) is 4.79 Å². The van der Waals surface area contributed by atoms with Crippen LogP contribution in [0.5, 0.6) is 0 Å². The molecule has 0 saturated carbocycles. The standard InChI is InChI=1S/C8H16N2.C3H6O2/c1-3-4-5-10-7-6-9(2)8-10;1-2-3(4)5/h6-7H,3-5,8H2,1-2H3;2H2,1H3,(H,4,5). The minimum absolute atomic E-state index is 0.222. The van der Waals surface area contributed by atoms with Crippen LogP contribution in [0.25, 0.3) is 0 Å². The van der Waals surface area contributed by atoms with E-state index in [2.05, 4.69) is 36.2 Å². The third-order valence-corrected chi connectivity index (χ3v) is 2.04. The molecule has 0 aliphatic carbocycles. The van der Waals surface area contributed by atoms with Gasteiger partial charge in [-0.05, 0) is 6.42 Å². The van der Waals surface area contributed by atoms with Gasteiger partial charge in [-0.1, -0.05) is 20.3 Å². The van der Waals surface area contributed by atoms with Crippen molar-refractivity contribution in [2.24, 2.45) is 0 Å². The van der Waals surface area contributed by atoms with Crippen molar-refractivity contribution in [3.8, 4) is 0 Å². The fourth-order valence-electron chi connectivity index (χ4n) is 1.10. The largest absolute Gasteiger partial charge is 0.481 e. The summed E-state index contributed by atoms with van der Waals surface area (Å²) in [6.45, 7) is 6.10. The predicted octanol–water partition coefficient (Wildman–Crippen LogP) is 1.94. The van der Waals surface area contributed by atoms with Gasteiger partial charge in [0.15, 0.2) is 0 Å². The number of carboxylic acids is 1. The lowest BCUT2D eigenvalue weighted by molar-refractivity contribution is -0.136. The average Bonchev–Trinajstić information content (AvgIpc) is 2.62. The van der Waals surface area contributed by atoms with E-state index in [1.807, 2.05) is 0 Å². The molecular formula is C11H22N2O2. The van der Waals surface area contributed by atoms with Crippen LogP contribution in [0.2, 0.25) is 0 Å². The first-order valence-corrected chi connectivity index (χ1v) is 5.44. The van der Waals surface area contributed by atoms with Crippen LogP contribution in [0.15, 0.2) is 12.4 Å². The SMILES string of the molecule is CCC(=O)O.CCCCN1C=CN(C)C1. The molecule has 4 nitrogen and oxygen atoms in total. The van der Waals surface area contributed by atoms with E-state index in [0.717, 1.165) is 6.67 Å². The van der Waals surface area contributed by atoms with E-state index in [0.29, 0.717) is 0 Å². The van der Waals surface area contributed by atoms with Crippen molar-refractivity contribution < 1.29 is 9.90 Å². The molecule has 1 heterocycles. The highest BCUT2D eigenvalue weighted by atomic mass is 16.4. The average molecular weight is 214 g/mol. The first-order valence-electron chi connectivity index (χ1n) is 5.44. The second-order valence-electron chi connectivity index (χ2n) is 3.61. The lowest BCUT2D eigenvalue weighted by Gasteiger charge is -2.17. The van der Waals surface area contributed by atoms with Gasteiger partial charge < -0.3 is 14.9 Å². The number of unbranched alkanes of at least 4 members (excludes halogenated alkanes) is 1. The molecule has 1 aliphatic heterocycles. The van der Waals surface area contributed by atoms with Crippen LogP contribution in [0.4, 0.5) is 0 Å². The molecule has 1 aliphatic rings. The summed E-state index contributed by atoms with van der Waals surface area (Å²) in [5.41, 5.74) is 0. The maximum atomic E-state index is 9.37. The van der Waals surface area contributed by atoms with Crippen LogP contribution in [0, 0.1) is 0 Å². The second kappa shape index (κ2) is 8.15. The molecule has 0 bridgehead atoms. The Morgan fingerprint density at radius 1 is 1.40 bits per heavy atom. The molecule has 1 N–H and O–H groups in total. The summed E-state index contributed by atoms with van der Waals surface area (Å²) in [7, 11) is 2.10. The van der Waals surface area contributed by atoms with Gasteiger partial charge in [0.05, 0.1) is 6.67 Å². The molecule has 0 aromatic carbocycles. The van der Waals surface area contributed by atoms with Gasteiger partial charge in [-0.2, -0.15) is 0 Å². The lowest BCUT2D eigenvalue weighted by atomic mass is 10.3. The Balaban J connectivity index is 0.000000336. The Kier molecular flexibility index (Phi) is 7.50. The Labute approximate surface area is 92.2 Å². The van der Waals surface area contributed by atoms with Crippen molar-refractivity contribution in [1.29, 1.82) is 0 Å². The van der Waals surface area contributed by atoms with E-state index in [1.54, 1.807) is 6.92 Å². The fourth-order valence-corrected chi connectivity index (χ4v) is 1.10. The summed E-state index contributed by atoms with van der Waals surface area (Å²) < 4.78 is 0. The van der Waals surface area contributed by atoms with Gasteiger partial charge in [0.2, 0.25) is 0 Å². The zero-order valence-corrected chi connectivity index (χ0v) is 9.94. The molecule has 0 radical (unpaired) electrons. The molecule has 0 unspecified atom stereocenters. The summed E-state index contributed by atoms with van der Waals surface area (Å²) >= 11 is 0. The molecule has 4 heteroatoms. The number of carbonyl (C=O) groups is 1. The normalized spacial score (nSPS) is 13.8. The third kappa shape index (κ3) is 7.85. The molecule has 0 saturated heterocycles. The summed E-state index contributed by atoms with van der Waals surface area (Å²) in [4.78, 5) is 13.9. The summed E-state index contributed by atoms with van der Waals surface area (Å²) in [5.74, 6) is -0.745. The molecule has 15 heavy (non-hydrogen) atoms. The van der Waals surface area contributed by atoms with Crippen molar-refractivity contribution in [2.75, 3.05) is 20.3 Å². The molecule has 88 valence electrons. The smallest absolute Gasteiger partial charge is 0.303 e. The Morgan fingerprint density at radius 3 is 2.33 bits per heavy atom. The molecule has 0 aromatic rings. The maximum Gasteiger partial charge on any atom is 0.303 e. The van der Waals surface area contributed by atoms with Crippen LogP contribution in [0.1, 0.15) is 33.1 Å². The Hall–Kier alpha value is -1.19. The minimum atomic E-state index is -0.745. The Morgan fingerprint density at radius 2 is 2.00 bits per heavy atom. The van der Waals surface area contributed by atoms with E-state index >= 15 is 0 Å².